The van der Waals surface area contributed by atoms with Crippen molar-refractivity contribution >= 4 is 34.2 Å². The van der Waals surface area contributed by atoms with Crippen LogP contribution in [-0.4, -0.2) is 27.4 Å². The van der Waals surface area contributed by atoms with Crippen molar-refractivity contribution in [3.63, 3.8) is 0 Å². The summed E-state index contributed by atoms with van der Waals surface area (Å²) in [6.07, 6.45) is 4.37. The van der Waals surface area contributed by atoms with Crippen molar-refractivity contribution in [2.24, 2.45) is 0 Å². The van der Waals surface area contributed by atoms with Crippen LogP contribution in [0.1, 0.15) is 28.4 Å². The molecular formula is C24H21ClN4O. The number of fused-ring (bicyclic) bond motifs is 3. The van der Waals surface area contributed by atoms with Crippen LogP contribution in [0.25, 0.3) is 10.9 Å². The van der Waals surface area contributed by atoms with E-state index in [9.17, 15) is 4.79 Å². The average molecular weight is 417 g/mol. The fourth-order valence-corrected chi connectivity index (χ4v) is 4.45. The molecule has 0 fully saturated rings. The minimum Gasteiger partial charge on any atom is -0.356 e. The number of urea groups is 1. The molecule has 5 rings (SSSR count). The number of rotatable bonds is 2. The number of carbonyl (C=O) groups is 1. The van der Waals surface area contributed by atoms with Crippen LogP contribution in [0.5, 0.6) is 0 Å². The number of halogens is 1. The van der Waals surface area contributed by atoms with Gasteiger partial charge in [-0.2, -0.15) is 0 Å². The molecule has 5 nitrogen and oxygen atoms in total. The third-order valence-corrected chi connectivity index (χ3v) is 6.21. The summed E-state index contributed by atoms with van der Waals surface area (Å²) in [5.41, 5.74) is 5.96. The third kappa shape index (κ3) is 3.12. The number of para-hydroxylation sites is 1. The molecule has 1 aliphatic rings. The van der Waals surface area contributed by atoms with Gasteiger partial charge in [-0.15, -0.1) is 0 Å². The van der Waals surface area contributed by atoms with Crippen LogP contribution in [-0.2, 0) is 6.42 Å². The number of aromatic amines is 1. The van der Waals surface area contributed by atoms with E-state index in [2.05, 4.69) is 33.5 Å². The lowest BCUT2D eigenvalue weighted by molar-refractivity contribution is 0.193. The SMILES string of the molecule is Cc1c(Cl)cccc1NC(=O)N1CCc2c([nH]c3ccccc23)C1c1cccnc1. The number of benzene rings is 2. The second kappa shape index (κ2) is 7.50. The van der Waals surface area contributed by atoms with Gasteiger partial charge in [-0.3, -0.25) is 4.98 Å². The summed E-state index contributed by atoms with van der Waals surface area (Å²) in [5.74, 6) is 0. The standard InChI is InChI=1S/C24H21ClN4O/c1-15-19(25)8-4-10-20(15)28-24(30)29-13-11-18-17-7-2-3-9-21(17)27-22(18)23(29)16-6-5-12-26-14-16/h2-10,12,14,23,27H,11,13H2,1H3,(H,28,30). The maximum absolute atomic E-state index is 13.4. The average Bonchev–Trinajstić information content (AvgIpc) is 3.15. The van der Waals surface area contributed by atoms with Crippen molar-refractivity contribution in [3.8, 4) is 0 Å². The van der Waals surface area contributed by atoms with Crippen LogP contribution in [0.2, 0.25) is 5.02 Å². The molecule has 2 aromatic heterocycles. The van der Waals surface area contributed by atoms with E-state index in [0.29, 0.717) is 11.6 Å². The molecule has 1 aliphatic heterocycles. The molecule has 4 aromatic rings. The second-order valence-corrected chi connectivity index (χ2v) is 7.94. The second-order valence-electron chi connectivity index (χ2n) is 7.54. The van der Waals surface area contributed by atoms with Crippen LogP contribution in [0, 0.1) is 6.92 Å². The van der Waals surface area contributed by atoms with Gasteiger partial charge in [-0.05, 0) is 54.3 Å². The predicted octanol–water partition coefficient (Wildman–Crippen LogP) is 5.70. The van der Waals surface area contributed by atoms with E-state index in [1.807, 2.05) is 54.4 Å². The van der Waals surface area contributed by atoms with Gasteiger partial charge in [-0.25, -0.2) is 4.79 Å². The van der Waals surface area contributed by atoms with Crippen LogP contribution < -0.4 is 5.32 Å². The lowest BCUT2D eigenvalue weighted by Gasteiger charge is -2.36. The molecule has 30 heavy (non-hydrogen) atoms. The van der Waals surface area contributed by atoms with Crippen molar-refractivity contribution in [1.29, 1.82) is 0 Å². The Morgan fingerprint density at radius 2 is 2.03 bits per heavy atom. The first-order valence-corrected chi connectivity index (χ1v) is 10.3. The zero-order valence-corrected chi connectivity index (χ0v) is 17.3. The maximum Gasteiger partial charge on any atom is 0.322 e. The number of aromatic nitrogens is 2. The Morgan fingerprint density at radius 3 is 2.87 bits per heavy atom. The van der Waals surface area contributed by atoms with Crippen molar-refractivity contribution in [1.82, 2.24) is 14.9 Å². The van der Waals surface area contributed by atoms with Gasteiger partial charge < -0.3 is 15.2 Å². The normalized spacial score (nSPS) is 15.8. The highest BCUT2D eigenvalue weighted by Crippen LogP contribution is 2.38. The summed E-state index contributed by atoms with van der Waals surface area (Å²) in [6.45, 7) is 2.52. The summed E-state index contributed by atoms with van der Waals surface area (Å²) in [7, 11) is 0. The Bertz CT molecular complexity index is 1230. The topological polar surface area (TPSA) is 61.0 Å². The molecular weight excluding hydrogens is 396 g/mol. The molecule has 0 saturated carbocycles. The van der Waals surface area contributed by atoms with Gasteiger partial charge in [0.2, 0.25) is 0 Å². The zero-order valence-electron chi connectivity index (χ0n) is 16.5. The highest BCUT2D eigenvalue weighted by molar-refractivity contribution is 6.31. The number of amides is 2. The van der Waals surface area contributed by atoms with Crippen LogP contribution in [0.15, 0.2) is 67.0 Å². The van der Waals surface area contributed by atoms with Crippen LogP contribution in [0.4, 0.5) is 10.5 Å². The van der Waals surface area contributed by atoms with Gasteiger partial charge in [0.05, 0.1) is 0 Å². The molecule has 1 atom stereocenters. The fraction of sp³-hybridized carbons (Fsp3) is 0.167. The van der Waals surface area contributed by atoms with Crippen LogP contribution >= 0.6 is 11.6 Å². The summed E-state index contributed by atoms with van der Waals surface area (Å²) in [4.78, 5) is 23.1. The number of H-pyrrole nitrogens is 1. The summed E-state index contributed by atoms with van der Waals surface area (Å²) in [5, 5.41) is 4.90. The molecule has 0 radical (unpaired) electrons. The molecule has 0 saturated heterocycles. The number of nitrogens with one attached hydrogen (secondary N) is 2. The first-order valence-electron chi connectivity index (χ1n) is 9.95. The molecule has 0 spiro atoms. The third-order valence-electron chi connectivity index (χ3n) is 5.80. The minimum absolute atomic E-state index is 0.154. The Balaban J connectivity index is 1.57. The lowest BCUT2D eigenvalue weighted by atomic mass is 9.93. The van der Waals surface area contributed by atoms with E-state index in [1.165, 1.54) is 10.9 Å². The molecule has 2 N–H and O–H groups in total. The molecule has 2 aromatic carbocycles. The Hall–Kier alpha value is -3.31. The monoisotopic (exact) mass is 416 g/mol. The van der Waals surface area contributed by atoms with E-state index in [4.69, 9.17) is 11.6 Å². The summed E-state index contributed by atoms with van der Waals surface area (Å²) < 4.78 is 0. The molecule has 0 bridgehead atoms. The number of carbonyl (C=O) groups excluding carboxylic acids is 1. The Labute approximate surface area is 179 Å². The molecule has 2 amide bonds. The molecule has 150 valence electrons. The van der Waals surface area contributed by atoms with Gasteiger partial charge >= 0.3 is 6.03 Å². The number of nitrogens with zero attached hydrogens (tertiary/aromatic N) is 2. The maximum atomic E-state index is 13.4. The van der Waals surface area contributed by atoms with Gasteiger partial charge in [0, 0.05) is 46.2 Å². The largest absolute Gasteiger partial charge is 0.356 e. The van der Waals surface area contributed by atoms with Crippen molar-refractivity contribution < 1.29 is 4.79 Å². The Morgan fingerprint density at radius 1 is 1.17 bits per heavy atom. The number of pyridine rings is 1. The van der Waals surface area contributed by atoms with Crippen molar-refractivity contribution in [2.45, 2.75) is 19.4 Å². The van der Waals surface area contributed by atoms with E-state index >= 15 is 0 Å². The first-order chi connectivity index (χ1) is 14.6. The molecule has 3 heterocycles. The first kappa shape index (κ1) is 18.7. The fourth-order valence-electron chi connectivity index (χ4n) is 4.27. The number of hydrogen-bond acceptors (Lipinski definition) is 2. The van der Waals surface area contributed by atoms with E-state index in [-0.39, 0.29) is 12.1 Å². The van der Waals surface area contributed by atoms with Crippen LogP contribution in [0.3, 0.4) is 0 Å². The minimum atomic E-state index is -0.241. The van der Waals surface area contributed by atoms with Gasteiger partial charge in [0.25, 0.3) is 0 Å². The number of anilines is 1. The van der Waals surface area contributed by atoms with Gasteiger partial charge in [-0.1, -0.05) is 41.9 Å². The highest BCUT2D eigenvalue weighted by atomic mass is 35.5. The van der Waals surface area contributed by atoms with Crippen molar-refractivity contribution in [2.75, 3.05) is 11.9 Å². The molecule has 6 heteroatoms. The molecule has 0 aliphatic carbocycles. The van der Waals surface area contributed by atoms with E-state index in [1.54, 1.807) is 6.20 Å². The van der Waals surface area contributed by atoms with Gasteiger partial charge in [0.1, 0.15) is 6.04 Å². The molecule has 1 unspecified atom stereocenters. The number of hydrogen-bond donors (Lipinski definition) is 2. The quantitative estimate of drug-likeness (QED) is 0.440. The summed E-state index contributed by atoms with van der Waals surface area (Å²) in [6, 6.07) is 17.4. The van der Waals surface area contributed by atoms with Gasteiger partial charge in [0.15, 0.2) is 0 Å². The zero-order chi connectivity index (χ0) is 20.7. The van der Waals surface area contributed by atoms with E-state index < -0.39 is 0 Å². The summed E-state index contributed by atoms with van der Waals surface area (Å²) >= 11 is 6.24. The lowest BCUT2D eigenvalue weighted by Crippen LogP contribution is -2.43. The van der Waals surface area contributed by atoms with Crippen molar-refractivity contribution in [3.05, 3.63) is 94.4 Å². The highest BCUT2D eigenvalue weighted by Gasteiger charge is 2.34. The predicted molar refractivity (Wildman–Crippen MR) is 120 cm³/mol. The van der Waals surface area contributed by atoms with E-state index in [0.717, 1.165) is 34.4 Å². The Kier molecular flexibility index (Phi) is 4.68. The smallest absolute Gasteiger partial charge is 0.322 e.